The van der Waals surface area contributed by atoms with E-state index in [4.69, 9.17) is 9.15 Å². The van der Waals surface area contributed by atoms with Gasteiger partial charge in [-0.15, -0.1) is 0 Å². The first-order valence-corrected chi connectivity index (χ1v) is 8.51. The van der Waals surface area contributed by atoms with Gasteiger partial charge in [-0.25, -0.2) is 4.79 Å². The molecule has 2 heterocycles. The van der Waals surface area contributed by atoms with Crippen LogP contribution in [0, 0.1) is 0 Å². The SMILES string of the molecule is CC(C)(C)OC(=O)N1CCCC[C@@H]1CNc1nc2ccccc2o1. The zero-order valence-corrected chi connectivity index (χ0v) is 14.5. The van der Waals surface area contributed by atoms with Crippen LogP contribution in [-0.2, 0) is 4.74 Å². The van der Waals surface area contributed by atoms with Crippen molar-refractivity contribution in [3.63, 3.8) is 0 Å². The number of rotatable bonds is 3. The Kier molecular flexibility index (Phi) is 4.64. The van der Waals surface area contributed by atoms with Gasteiger partial charge in [0.15, 0.2) is 5.58 Å². The van der Waals surface area contributed by atoms with Crippen LogP contribution in [0.25, 0.3) is 11.1 Å². The number of para-hydroxylation sites is 2. The molecule has 0 spiro atoms. The molecule has 24 heavy (non-hydrogen) atoms. The Morgan fingerprint density at radius 2 is 2.17 bits per heavy atom. The van der Waals surface area contributed by atoms with Crippen LogP contribution in [-0.4, -0.2) is 40.7 Å². The number of anilines is 1. The van der Waals surface area contributed by atoms with Gasteiger partial charge in [-0.3, -0.25) is 0 Å². The molecule has 2 aromatic rings. The Morgan fingerprint density at radius 3 is 2.92 bits per heavy atom. The fourth-order valence-corrected chi connectivity index (χ4v) is 2.93. The quantitative estimate of drug-likeness (QED) is 0.919. The minimum atomic E-state index is -0.479. The second-order valence-corrected chi connectivity index (χ2v) is 7.19. The monoisotopic (exact) mass is 331 g/mol. The van der Waals surface area contributed by atoms with E-state index in [-0.39, 0.29) is 12.1 Å². The van der Waals surface area contributed by atoms with Crippen molar-refractivity contribution in [3.05, 3.63) is 24.3 Å². The number of carbonyl (C=O) groups is 1. The van der Waals surface area contributed by atoms with Gasteiger partial charge in [-0.05, 0) is 52.2 Å². The number of aromatic nitrogens is 1. The summed E-state index contributed by atoms with van der Waals surface area (Å²) in [7, 11) is 0. The number of fused-ring (bicyclic) bond motifs is 1. The highest BCUT2D eigenvalue weighted by Crippen LogP contribution is 2.22. The topological polar surface area (TPSA) is 67.6 Å². The van der Waals surface area contributed by atoms with Crippen LogP contribution < -0.4 is 5.32 Å². The number of nitrogens with one attached hydrogen (secondary N) is 1. The number of nitrogens with zero attached hydrogens (tertiary/aromatic N) is 2. The third-order valence-corrected chi connectivity index (χ3v) is 4.04. The van der Waals surface area contributed by atoms with E-state index in [0.29, 0.717) is 12.6 Å². The van der Waals surface area contributed by atoms with Gasteiger partial charge in [0.25, 0.3) is 6.01 Å². The highest BCUT2D eigenvalue weighted by atomic mass is 16.6. The molecular formula is C18H25N3O3. The Morgan fingerprint density at radius 1 is 1.38 bits per heavy atom. The molecule has 6 nitrogen and oxygen atoms in total. The number of amides is 1. The standard InChI is InChI=1S/C18H25N3O3/c1-18(2,3)24-17(22)21-11-7-6-8-13(21)12-19-16-20-14-9-4-5-10-15(14)23-16/h4-5,9-10,13H,6-8,11-12H2,1-3H3,(H,19,20)/t13-/m1/s1. The Balaban J connectivity index is 1.64. The zero-order valence-electron chi connectivity index (χ0n) is 14.5. The van der Waals surface area contributed by atoms with Gasteiger partial charge >= 0.3 is 6.09 Å². The van der Waals surface area contributed by atoms with Crippen molar-refractivity contribution in [2.24, 2.45) is 0 Å². The predicted molar refractivity (Wildman–Crippen MR) is 93.1 cm³/mol. The molecule has 0 unspecified atom stereocenters. The van der Waals surface area contributed by atoms with Crippen molar-refractivity contribution in [3.8, 4) is 0 Å². The maximum Gasteiger partial charge on any atom is 0.410 e. The smallest absolute Gasteiger partial charge is 0.410 e. The largest absolute Gasteiger partial charge is 0.444 e. The molecule has 0 saturated carbocycles. The van der Waals surface area contributed by atoms with Crippen LogP contribution >= 0.6 is 0 Å². The van der Waals surface area contributed by atoms with Crippen LogP contribution in [0.5, 0.6) is 0 Å². The molecule has 1 amide bonds. The molecule has 0 bridgehead atoms. The van der Waals surface area contributed by atoms with E-state index in [9.17, 15) is 4.79 Å². The average Bonchev–Trinajstić information content (AvgIpc) is 2.94. The molecular weight excluding hydrogens is 306 g/mol. The summed E-state index contributed by atoms with van der Waals surface area (Å²) < 4.78 is 11.2. The van der Waals surface area contributed by atoms with Crippen molar-refractivity contribution in [1.82, 2.24) is 9.88 Å². The summed E-state index contributed by atoms with van der Waals surface area (Å²) in [5.41, 5.74) is 1.10. The van der Waals surface area contributed by atoms with Crippen molar-refractivity contribution >= 4 is 23.2 Å². The van der Waals surface area contributed by atoms with Gasteiger partial charge in [0.2, 0.25) is 0 Å². The molecule has 6 heteroatoms. The lowest BCUT2D eigenvalue weighted by atomic mass is 10.0. The molecule has 1 aliphatic heterocycles. The number of likely N-dealkylation sites (tertiary alicyclic amines) is 1. The lowest BCUT2D eigenvalue weighted by Crippen LogP contribution is -2.48. The molecule has 3 rings (SSSR count). The summed E-state index contributed by atoms with van der Waals surface area (Å²) in [6.45, 7) is 7.00. The third-order valence-electron chi connectivity index (χ3n) is 4.04. The average molecular weight is 331 g/mol. The first-order chi connectivity index (χ1) is 11.4. The van der Waals surface area contributed by atoms with Crippen LogP contribution in [0.15, 0.2) is 28.7 Å². The minimum absolute atomic E-state index is 0.0867. The third kappa shape index (κ3) is 3.99. The molecule has 1 aromatic carbocycles. The van der Waals surface area contributed by atoms with E-state index in [0.717, 1.165) is 36.9 Å². The molecule has 130 valence electrons. The number of benzene rings is 1. The molecule has 1 N–H and O–H groups in total. The Labute approximate surface area is 142 Å². The lowest BCUT2D eigenvalue weighted by molar-refractivity contribution is 0.0113. The number of hydrogen-bond acceptors (Lipinski definition) is 5. The first-order valence-electron chi connectivity index (χ1n) is 8.51. The van der Waals surface area contributed by atoms with E-state index in [1.165, 1.54) is 0 Å². The van der Waals surface area contributed by atoms with E-state index < -0.39 is 5.60 Å². The van der Waals surface area contributed by atoms with Gasteiger partial charge in [0.05, 0.1) is 6.04 Å². The fourth-order valence-electron chi connectivity index (χ4n) is 2.93. The highest BCUT2D eigenvalue weighted by Gasteiger charge is 2.30. The summed E-state index contributed by atoms with van der Waals surface area (Å²) in [6.07, 6.45) is 2.83. The van der Waals surface area contributed by atoms with E-state index >= 15 is 0 Å². The van der Waals surface area contributed by atoms with Crippen molar-refractivity contribution in [2.45, 2.75) is 51.7 Å². The second kappa shape index (κ2) is 6.71. The van der Waals surface area contributed by atoms with Crippen LogP contribution in [0.3, 0.4) is 0 Å². The maximum atomic E-state index is 12.4. The summed E-state index contributed by atoms with van der Waals surface area (Å²) >= 11 is 0. The lowest BCUT2D eigenvalue weighted by Gasteiger charge is -2.36. The van der Waals surface area contributed by atoms with Gasteiger partial charge in [-0.1, -0.05) is 12.1 Å². The maximum absolute atomic E-state index is 12.4. The Bertz CT molecular complexity index is 672. The molecule has 0 radical (unpaired) electrons. The first kappa shape index (κ1) is 16.6. The van der Waals surface area contributed by atoms with E-state index in [1.807, 2.05) is 49.9 Å². The zero-order chi connectivity index (χ0) is 17.2. The number of ether oxygens (including phenoxy) is 1. The normalized spacial score (nSPS) is 18.6. The van der Waals surface area contributed by atoms with Crippen molar-refractivity contribution in [1.29, 1.82) is 0 Å². The van der Waals surface area contributed by atoms with Crippen molar-refractivity contribution in [2.75, 3.05) is 18.4 Å². The van der Waals surface area contributed by atoms with E-state index in [1.54, 1.807) is 0 Å². The van der Waals surface area contributed by atoms with Gasteiger partial charge in [-0.2, -0.15) is 4.98 Å². The molecule has 1 atom stereocenters. The number of hydrogen-bond donors (Lipinski definition) is 1. The van der Waals surface area contributed by atoms with Crippen LogP contribution in [0.2, 0.25) is 0 Å². The van der Waals surface area contributed by atoms with Crippen molar-refractivity contribution < 1.29 is 13.9 Å². The molecule has 1 saturated heterocycles. The number of piperidine rings is 1. The molecule has 1 fully saturated rings. The predicted octanol–water partition coefficient (Wildman–Crippen LogP) is 4.03. The number of carbonyl (C=O) groups excluding carboxylic acids is 1. The number of oxazole rings is 1. The van der Waals surface area contributed by atoms with Gasteiger partial charge in [0.1, 0.15) is 11.1 Å². The van der Waals surface area contributed by atoms with Gasteiger partial charge < -0.3 is 19.4 Å². The van der Waals surface area contributed by atoms with E-state index in [2.05, 4.69) is 10.3 Å². The second-order valence-electron chi connectivity index (χ2n) is 7.19. The molecule has 1 aliphatic rings. The summed E-state index contributed by atoms with van der Waals surface area (Å²) in [5.74, 6) is 0. The van der Waals surface area contributed by atoms with Gasteiger partial charge in [0, 0.05) is 13.1 Å². The minimum Gasteiger partial charge on any atom is -0.444 e. The highest BCUT2D eigenvalue weighted by molar-refractivity contribution is 5.74. The fraction of sp³-hybridized carbons (Fsp3) is 0.556. The molecule has 1 aromatic heterocycles. The van der Waals surface area contributed by atoms with Crippen LogP contribution in [0.1, 0.15) is 40.0 Å². The van der Waals surface area contributed by atoms with Crippen LogP contribution in [0.4, 0.5) is 10.8 Å². The summed E-state index contributed by atoms with van der Waals surface area (Å²) in [5, 5.41) is 3.22. The Hall–Kier alpha value is -2.24. The summed E-state index contributed by atoms with van der Waals surface area (Å²) in [6, 6.07) is 8.23. The summed E-state index contributed by atoms with van der Waals surface area (Å²) in [4.78, 5) is 18.7. The molecule has 0 aliphatic carbocycles.